The lowest BCUT2D eigenvalue weighted by molar-refractivity contribution is -0.146. The molecule has 0 aliphatic carbocycles. The molecule has 1 aromatic heterocycles. The molecule has 1 aliphatic rings. The van der Waals surface area contributed by atoms with Crippen molar-refractivity contribution in [3.05, 3.63) is 99.2 Å². The molecule has 1 aliphatic heterocycles. The molecular weight excluding hydrogens is 529 g/mol. The van der Waals surface area contributed by atoms with Crippen LogP contribution in [-0.4, -0.2) is 48.1 Å². The Morgan fingerprint density at radius 2 is 1.61 bits per heavy atom. The van der Waals surface area contributed by atoms with Gasteiger partial charge in [-0.15, -0.1) is 0 Å². The van der Waals surface area contributed by atoms with Crippen molar-refractivity contribution in [2.45, 2.75) is 18.5 Å². The molecule has 2 atom stereocenters. The molecule has 0 saturated heterocycles. The van der Waals surface area contributed by atoms with E-state index in [0.29, 0.717) is 11.1 Å². The molecule has 2 unspecified atom stereocenters. The first-order valence-corrected chi connectivity index (χ1v) is 12.5. The molecule has 0 bridgehead atoms. The zero-order valence-electron chi connectivity index (χ0n) is 20.5. The van der Waals surface area contributed by atoms with Crippen LogP contribution in [0.25, 0.3) is 10.9 Å². The Hall–Kier alpha value is -4.01. The smallest absolute Gasteiger partial charge is 0.337 e. The number of halogens is 2. The third-order valence-electron chi connectivity index (χ3n) is 6.68. The average Bonchev–Trinajstić information content (AvgIpc) is 3.31. The van der Waals surface area contributed by atoms with Crippen molar-refractivity contribution in [2.75, 3.05) is 19.5 Å². The molecule has 2 N–H and O–H groups in total. The zero-order valence-corrected chi connectivity index (χ0v) is 22.0. The Bertz CT molecular complexity index is 1530. The first kappa shape index (κ1) is 25.6. The number of esters is 2. The molecule has 0 fully saturated rings. The lowest BCUT2D eigenvalue weighted by atomic mass is 9.88. The number of urea groups is 1. The fourth-order valence-corrected chi connectivity index (χ4v) is 5.40. The van der Waals surface area contributed by atoms with Crippen LogP contribution in [0.2, 0.25) is 10.0 Å². The second kappa shape index (κ2) is 10.4. The van der Waals surface area contributed by atoms with Crippen LogP contribution in [0, 0.1) is 0 Å². The second-order valence-corrected chi connectivity index (χ2v) is 9.57. The Labute approximate surface area is 228 Å². The van der Waals surface area contributed by atoms with Crippen LogP contribution in [0.4, 0.5) is 10.5 Å². The van der Waals surface area contributed by atoms with Crippen molar-refractivity contribution >= 4 is 57.8 Å². The lowest BCUT2D eigenvalue weighted by Crippen LogP contribution is -2.53. The second-order valence-electron chi connectivity index (χ2n) is 8.76. The molecule has 0 spiro atoms. The fraction of sp³-hybridized carbons (Fsp3) is 0.179. The van der Waals surface area contributed by atoms with Gasteiger partial charge in [-0.3, -0.25) is 4.90 Å². The van der Waals surface area contributed by atoms with Crippen molar-refractivity contribution in [1.82, 2.24) is 9.88 Å². The molecule has 3 aromatic carbocycles. The molecule has 10 heteroatoms. The van der Waals surface area contributed by atoms with Crippen molar-refractivity contribution < 1.29 is 23.9 Å². The van der Waals surface area contributed by atoms with Crippen LogP contribution in [0.3, 0.4) is 0 Å². The predicted molar refractivity (Wildman–Crippen MR) is 145 cm³/mol. The number of methoxy groups -OCH3 is 2. The van der Waals surface area contributed by atoms with Gasteiger partial charge in [0.2, 0.25) is 0 Å². The largest absolute Gasteiger partial charge is 0.467 e. The zero-order chi connectivity index (χ0) is 27.0. The summed E-state index contributed by atoms with van der Waals surface area (Å²) in [4.78, 5) is 44.0. The predicted octanol–water partition coefficient (Wildman–Crippen LogP) is 5.98. The van der Waals surface area contributed by atoms with E-state index in [4.69, 9.17) is 32.7 Å². The highest BCUT2D eigenvalue weighted by Gasteiger charge is 2.44. The molecule has 2 amide bonds. The molecule has 0 radical (unpaired) electrons. The number of amides is 2. The molecule has 0 saturated carbocycles. The van der Waals surface area contributed by atoms with Crippen LogP contribution in [0.15, 0.2) is 66.7 Å². The summed E-state index contributed by atoms with van der Waals surface area (Å²) in [5, 5.41) is 4.24. The summed E-state index contributed by atoms with van der Waals surface area (Å²) in [5.41, 5.74) is 3.77. The minimum atomic E-state index is -0.960. The van der Waals surface area contributed by atoms with Gasteiger partial charge in [0.15, 0.2) is 0 Å². The van der Waals surface area contributed by atoms with Crippen LogP contribution in [0.5, 0.6) is 0 Å². The Morgan fingerprint density at radius 3 is 2.26 bits per heavy atom. The normalized spacial score (nSPS) is 16.6. The SMILES string of the molecule is COC(=O)c1ccc(C2c3[nH]c4ccccc4c3CC(C(=O)OC)N2C(=O)Nc2c(Cl)cccc2Cl)cc1. The van der Waals surface area contributed by atoms with Crippen LogP contribution in [0.1, 0.15) is 33.2 Å². The minimum absolute atomic E-state index is 0.228. The Morgan fingerprint density at radius 1 is 0.921 bits per heavy atom. The number of para-hydroxylation sites is 2. The molecule has 38 heavy (non-hydrogen) atoms. The summed E-state index contributed by atoms with van der Waals surface area (Å²) in [6, 6.07) is 17.0. The third kappa shape index (κ3) is 4.46. The van der Waals surface area contributed by atoms with Crippen LogP contribution < -0.4 is 5.32 Å². The first-order valence-electron chi connectivity index (χ1n) is 11.7. The molecule has 2 heterocycles. The Balaban J connectivity index is 1.68. The number of aromatic nitrogens is 1. The number of carbonyl (C=O) groups is 3. The van der Waals surface area contributed by atoms with Gasteiger partial charge in [-0.05, 0) is 41.5 Å². The number of rotatable bonds is 4. The molecule has 4 aromatic rings. The summed E-state index contributed by atoms with van der Waals surface area (Å²) < 4.78 is 9.96. The van der Waals surface area contributed by atoms with Gasteiger partial charge in [0.05, 0.1) is 35.5 Å². The lowest BCUT2D eigenvalue weighted by Gasteiger charge is -2.40. The molecular formula is C28H23Cl2N3O5. The van der Waals surface area contributed by atoms with E-state index in [1.807, 2.05) is 24.3 Å². The fourth-order valence-electron chi connectivity index (χ4n) is 4.91. The maximum atomic E-state index is 13.9. The van der Waals surface area contributed by atoms with Gasteiger partial charge in [0, 0.05) is 23.0 Å². The number of aromatic amines is 1. The number of ether oxygens (including phenoxy) is 2. The number of fused-ring (bicyclic) bond motifs is 3. The number of benzene rings is 3. The molecule has 5 rings (SSSR count). The number of H-pyrrole nitrogens is 1. The van der Waals surface area contributed by atoms with Gasteiger partial charge in [0.25, 0.3) is 0 Å². The van der Waals surface area contributed by atoms with E-state index in [1.165, 1.54) is 19.1 Å². The monoisotopic (exact) mass is 551 g/mol. The quantitative estimate of drug-likeness (QED) is 0.304. The standard InChI is InChI=1S/C28H23Cl2N3O5/c1-37-26(34)16-12-10-15(11-13-16)25-23-18(17-6-3-4-9-21(17)31-23)14-22(27(35)38-2)33(25)28(36)32-24-19(29)7-5-8-20(24)30/h3-13,22,25,31H,14H2,1-2H3,(H,32,36). The number of anilines is 1. The van der Waals surface area contributed by atoms with E-state index in [1.54, 1.807) is 42.5 Å². The van der Waals surface area contributed by atoms with E-state index < -0.39 is 30.1 Å². The molecule has 194 valence electrons. The maximum Gasteiger partial charge on any atom is 0.337 e. The maximum absolute atomic E-state index is 13.9. The number of carbonyl (C=O) groups excluding carboxylic acids is 3. The third-order valence-corrected chi connectivity index (χ3v) is 7.31. The van der Waals surface area contributed by atoms with Gasteiger partial charge < -0.3 is 19.8 Å². The first-order chi connectivity index (χ1) is 18.3. The van der Waals surface area contributed by atoms with Crippen molar-refractivity contribution in [2.24, 2.45) is 0 Å². The van der Waals surface area contributed by atoms with Crippen molar-refractivity contribution in [3.63, 3.8) is 0 Å². The topological polar surface area (TPSA) is 101 Å². The average molecular weight is 552 g/mol. The van der Waals surface area contributed by atoms with Crippen LogP contribution >= 0.6 is 23.2 Å². The van der Waals surface area contributed by atoms with E-state index in [2.05, 4.69) is 10.3 Å². The van der Waals surface area contributed by atoms with E-state index in [9.17, 15) is 14.4 Å². The Kier molecular flexibility index (Phi) is 7.01. The minimum Gasteiger partial charge on any atom is -0.467 e. The summed E-state index contributed by atoms with van der Waals surface area (Å²) in [6.07, 6.45) is 0.229. The number of hydrogen-bond donors (Lipinski definition) is 2. The summed E-state index contributed by atoms with van der Waals surface area (Å²) in [6.45, 7) is 0. The van der Waals surface area contributed by atoms with Gasteiger partial charge in [0.1, 0.15) is 12.1 Å². The van der Waals surface area contributed by atoms with Gasteiger partial charge in [-0.1, -0.05) is 59.6 Å². The van der Waals surface area contributed by atoms with E-state index in [0.717, 1.165) is 22.2 Å². The highest BCUT2D eigenvalue weighted by atomic mass is 35.5. The number of nitrogens with zero attached hydrogens (tertiary/aromatic N) is 1. The van der Waals surface area contributed by atoms with Crippen LogP contribution in [-0.2, 0) is 20.7 Å². The summed E-state index contributed by atoms with van der Waals surface area (Å²) in [7, 11) is 2.59. The van der Waals surface area contributed by atoms with Gasteiger partial charge in [-0.2, -0.15) is 0 Å². The van der Waals surface area contributed by atoms with E-state index in [-0.39, 0.29) is 22.2 Å². The van der Waals surface area contributed by atoms with Crippen molar-refractivity contribution in [3.8, 4) is 0 Å². The van der Waals surface area contributed by atoms with Crippen molar-refractivity contribution in [1.29, 1.82) is 0 Å². The molecule has 8 nitrogen and oxygen atoms in total. The van der Waals surface area contributed by atoms with Gasteiger partial charge >= 0.3 is 18.0 Å². The number of hydrogen-bond acceptors (Lipinski definition) is 5. The van der Waals surface area contributed by atoms with E-state index >= 15 is 0 Å². The highest BCUT2D eigenvalue weighted by Crippen LogP contribution is 2.42. The van der Waals surface area contributed by atoms with Gasteiger partial charge in [-0.25, -0.2) is 14.4 Å². The number of nitrogens with one attached hydrogen (secondary N) is 2. The highest BCUT2D eigenvalue weighted by molar-refractivity contribution is 6.39. The summed E-state index contributed by atoms with van der Waals surface area (Å²) >= 11 is 12.7. The summed E-state index contributed by atoms with van der Waals surface area (Å²) in [5.74, 6) is -1.06.